The topological polar surface area (TPSA) is 38.5 Å². The summed E-state index contributed by atoms with van der Waals surface area (Å²) in [6.07, 6.45) is 2.23. The van der Waals surface area contributed by atoms with Crippen molar-refractivity contribution in [2.24, 2.45) is 0 Å². The molecule has 1 aromatic rings. The van der Waals surface area contributed by atoms with E-state index in [-0.39, 0.29) is 0 Å². The molecule has 2 rings (SSSR count). The van der Waals surface area contributed by atoms with Crippen LogP contribution < -0.4 is 5.73 Å². The molecule has 94 valence electrons. The van der Waals surface area contributed by atoms with E-state index < -0.39 is 0 Å². The van der Waals surface area contributed by atoms with Crippen molar-refractivity contribution in [3.63, 3.8) is 0 Å². The first-order chi connectivity index (χ1) is 8.31. The number of nitrogen functional groups attached to an aromatic ring is 1. The minimum atomic E-state index is 0.815. The van der Waals surface area contributed by atoms with Gasteiger partial charge in [0.1, 0.15) is 0 Å². The molecule has 0 aromatic heterocycles. The zero-order chi connectivity index (χ0) is 12.1. The Morgan fingerprint density at radius 2 is 2.29 bits per heavy atom. The van der Waals surface area contributed by atoms with Gasteiger partial charge in [0, 0.05) is 38.5 Å². The van der Waals surface area contributed by atoms with Crippen molar-refractivity contribution in [2.45, 2.75) is 26.3 Å². The van der Waals surface area contributed by atoms with Crippen LogP contribution in [0.1, 0.15) is 24.5 Å². The number of fused-ring (bicyclic) bond motifs is 1. The first-order valence-corrected chi connectivity index (χ1v) is 6.47. The Morgan fingerprint density at radius 1 is 1.41 bits per heavy atom. The maximum absolute atomic E-state index is 6.03. The Hall–Kier alpha value is -1.06. The molecule has 0 saturated carbocycles. The summed E-state index contributed by atoms with van der Waals surface area (Å²) in [5.74, 6) is 0. The highest BCUT2D eigenvalue weighted by atomic mass is 16.5. The third-order valence-electron chi connectivity index (χ3n) is 3.36. The molecule has 3 heteroatoms. The predicted octanol–water partition coefficient (Wildman–Crippen LogP) is 2.05. The van der Waals surface area contributed by atoms with Gasteiger partial charge in [-0.25, -0.2) is 0 Å². The normalized spacial score (nSPS) is 15.8. The van der Waals surface area contributed by atoms with E-state index in [2.05, 4.69) is 17.0 Å². The van der Waals surface area contributed by atoms with Crippen molar-refractivity contribution in [3.05, 3.63) is 29.3 Å². The van der Waals surface area contributed by atoms with Crippen LogP contribution in [-0.4, -0.2) is 31.2 Å². The van der Waals surface area contributed by atoms with Gasteiger partial charge in [0.25, 0.3) is 0 Å². The Bertz CT molecular complexity index is 365. The third-order valence-corrected chi connectivity index (χ3v) is 3.36. The lowest BCUT2D eigenvalue weighted by atomic mass is 9.98. The minimum Gasteiger partial charge on any atom is -0.398 e. The summed E-state index contributed by atoms with van der Waals surface area (Å²) in [4.78, 5) is 2.47. The van der Waals surface area contributed by atoms with Crippen molar-refractivity contribution in [1.82, 2.24) is 4.90 Å². The third kappa shape index (κ3) is 3.20. The summed E-state index contributed by atoms with van der Waals surface area (Å²) in [5, 5.41) is 0. The van der Waals surface area contributed by atoms with Crippen LogP contribution in [0.25, 0.3) is 0 Å². The lowest BCUT2D eigenvalue weighted by molar-refractivity contribution is 0.129. The molecular formula is C14H22N2O. The van der Waals surface area contributed by atoms with E-state index >= 15 is 0 Å². The summed E-state index contributed by atoms with van der Waals surface area (Å²) < 4.78 is 5.37. The number of nitrogens with zero attached hydrogens (tertiary/aromatic N) is 1. The van der Waals surface area contributed by atoms with Gasteiger partial charge in [-0.1, -0.05) is 12.1 Å². The Balaban J connectivity index is 1.87. The largest absolute Gasteiger partial charge is 0.398 e. The van der Waals surface area contributed by atoms with Crippen molar-refractivity contribution in [2.75, 3.05) is 32.0 Å². The molecule has 0 spiro atoms. The van der Waals surface area contributed by atoms with E-state index in [0.717, 1.165) is 51.4 Å². The molecule has 0 unspecified atom stereocenters. The number of rotatable bonds is 5. The molecule has 0 amide bonds. The van der Waals surface area contributed by atoms with Gasteiger partial charge in [0.05, 0.1) is 0 Å². The van der Waals surface area contributed by atoms with E-state index in [1.807, 2.05) is 13.0 Å². The maximum atomic E-state index is 6.03. The van der Waals surface area contributed by atoms with E-state index in [1.165, 1.54) is 11.1 Å². The zero-order valence-corrected chi connectivity index (χ0v) is 10.6. The van der Waals surface area contributed by atoms with Gasteiger partial charge in [-0.15, -0.1) is 0 Å². The fraction of sp³-hybridized carbons (Fsp3) is 0.571. The summed E-state index contributed by atoms with van der Waals surface area (Å²) in [7, 11) is 0. The molecule has 0 radical (unpaired) electrons. The van der Waals surface area contributed by atoms with Gasteiger partial charge >= 0.3 is 0 Å². The summed E-state index contributed by atoms with van der Waals surface area (Å²) in [6.45, 7) is 6.96. The van der Waals surface area contributed by atoms with Crippen molar-refractivity contribution in [3.8, 4) is 0 Å². The number of nitrogens with two attached hydrogens (primary N) is 1. The van der Waals surface area contributed by atoms with Crippen LogP contribution >= 0.6 is 0 Å². The second kappa shape index (κ2) is 6.03. The van der Waals surface area contributed by atoms with Crippen molar-refractivity contribution < 1.29 is 4.74 Å². The SMILES string of the molecule is CCOCCCN1CCc2cccc(N)c2C1. The maximum Gasteiger partial charge on any atom is 0.0478 e. The Labute approximate surface area is 104 Å². The number of benzene rings is 1. The lowest BCUT2D eigenvalue weighted by Gasteiger charge is -2.29. The molecule has 0 fully saturated rings. The number of anilines is 1. The second-order valence-electron chi connectivity index (χ2n) is 4.56. The van der Waals surface area contributed by atoms with Crippen molar-refractivity contribution >= 4 is 5.69 Å². The number of ether oxygens (including phenoxy) is 1. The highest BCUT2D eigenvalue weighted by Gasteiger charge is 2.17. The quantitative estimate of drug-likeness (QED) is 0.626. The summed E-state index contributed by atoms with van der Waals surface area (Å²) >= 11 is 0. The molecule has 0 aliphatic carbocycles. The van der Waals surface area contributed by atoms with Gasteiger partial charge in [-0.05, 0) is 37.0 Å². The van der Waals surface area contributed by atoms with Crippen LogP contribution in [-0.2, 0) is 17.7 Å². The molecular weight excluding hydrogens is 212 g/mol. The molecule has 0 atom stereocenters. The fourth-order valence-electron chi connectivity index (χ4n) is 2.39. The molecule has 1 aromatic carbocycles. The van der Waals surface area contributed by atoms with Crippen LogP contribution in [0.5, 0.6) is 0 Å². The zero-order valence-electron chi connectivity index (χ0n) is 10.6. The molecule has 1 heterocycles. The minimum absolute atomic E-state index is 0.815. The van der Waals surface area contributed by atoms with Crippen LogP contribution in [0.15, 0.2) is 18.2 Å². The first kappa shape index (κ1) is 12.4. The van der Waals surface area contributed by atoms with Crippen LogP contribution in [0, 0.1) is 0 Å². The molecule has 17 heavy (non-hydrogen) atoms. The average molecular weight is 234 g/mol. The lowest BCUT2D eigenvalue weighted by Crippen LogP contribution is -2.32. The first-order valence-electron chi connectivity index (χ1n) is 6.47. The van der Waals surface area contributed by atoms with Gasteiger partial charge in [-0.2, -0.15) is 0 Å². The fourth-order valence-corrected chi connectivity index (χ4v) is 2.39. The van der Waals surface area contributed by atoms with Gasteiger partial charge in [0.15, 0.2) is 0 Å². The van der Waals surface area contributed by atoms with Crippen LogP contribution in [0.4, 0.5) is 5.69 Å². The van der Waals surface area contributed by atoms with Crippen molar-refractivity contribution in [1.29, 1.82) is 0 Å². The summed E-state index contributed by atoms with van der Waals surface area (Å²) in [5.41, 5.74) is 9.72. The molecule has 3 nitrogen and oxygen atoms in total. The average Bonchev–Trinajstić information content (AvgIpc) is 2.36. The van der Waals surface area contributed by atoms with E-state index in [4.69, 9.17) is 10.5 Å². The number of hydrogen-bond acceptors (Lipinski definition) is 3. The monoisotopic (exact) mass is 234 g/mol. The second-order valence-corrected chi connectivity index (χ2v) is 4.56. The van der Waals surface area contributed by atoms with E-state index in [1.54, 1.807) is 0 Å². The molecule has 1 aliphatic heterocycles. The Morgan fingerprint density at radius 3 is 3.12 bits per heavy atom. The van der Waals surface area contributed by atoms with E-state index in [9.17, 15) is 0 Å². The standard InChI is InChI=1S/C14H22N2O/c1-2-17-10-4-8-16-9-7-12-5-3-6-14(15)13(12)11-16/h3,5-6H,2,4,7-11,15H2,1H3. The smallest absolute Gasteiger partial charge is 0.0478 e. The Kier molecular flexibility index (Phi) is 4.40. The highest BCUT2D eigenvalue weighted by Crippen LogP contribution is 2.24. The summed E-state index contributed by atoms with van der Waals surface area (Å²) in [6, 6.07) is 6.25. The molecule has 1 aliphatic rings. The van der Waals surface area contributed by atoms with Crippen LogP contribution in [0.3, 0.4) is 0 Å². The number of hydrogen-bond donors (Lipinski definition) is 1. The molecule has 2 N–H and O–H groups in total. The van der Waals surface area contributed by atoms with Crippen LogP contribution in [0.2, 0.25) is 0 Å². The van der Waals surface area contributed by atoms with Gasteiger partial charge in [0.2, 0.25) is 0 Å². The van der Waals surface area contributed by atoms with Gasteiger partial charge in [-0.3, -0.25) is 4.90 Å². The molecule has 0 bridgehead atoms. The predicted molar refractivity (Wildman–Crippen MR) is 70.9 cm³/mol. The van der Waals surface area contributed by atoms with Gasteiger partial charge < -0.3 is 10.5 Å². The molecule has 0 saturated heterocycles. The van der Waals surface area contributed by atoms with E-state index in [0.29, 0.717) is 0 Å². The highest BCUT2D eigenvalue weighted by molar-refractivity contribution is 5.51.